The molecule has 0 saturated heterocycles. The summed E-state index contributed by atoms with van der Waals surface area (Å²) in [6.07, 6.45) is 12.4. The number of esters is 1. The van der Waals surface area contributed by atoms with Crippen molar-refractivity contribution in [1.82, 2.24) is 0 Å². The second kappa shape index (κ2) is 5.48. The van der Waals surface area contributed by atoms with Crippen LogP contribution in [0.25, 0.3) is 0 Å². The normalized spacial score (nSPS) is 31.5. The number of hydrogen-bond donors (Lipinski definition) is 0. The molecule has 0 aromatic carbocycles. The van der Waals surface area contributed by atoms with Crippen molar-refractivity contribution in [3.8, 4) is 12.3 Å². The third-order valence-electron chi connectivity index (χ3n) is 4.76. The van der Waals surface area contributed by atoms with Gasteiger partial charge in [0, 0.05) is 12.8 Å². The number of ether oxygens (including phenoxy) is 1. The van der Waals surface area contributed by atoms with E-state index in [1.807, 2.05) is 6.92 Å². The molecule has 2 rings (SSSR count). The summed E-state index contributed by atoms with van der Waals surface area (Å²) in [5.74, 6) is 3.80. The maximum atomic E-state index is 11.2. The average Bonchev–Trinajstić information content (AvgIpc) is 3.18. The van der Waals surface area contributed by atoms with Gasteiger partial charge in [-0.05, 0) is 51.4 Å². The van der Waals surface area contributed by atoms with Gasteiger partial charge in [-0.2, -0.15) is 0 Å². The molecule has 1 fully saturated rings. The zero-order valence-electron chi connectivity index (χ0n) is 12.7. The van der Waals surface area contributed by atoms with Crippen molar-refractivity contribution in [2.24, 2.45) is 17.8 Å². The van der Waals surface area contributed by atoms with Crippen LogP contribution in [0.15, 0.2) is 23.8 Å². The first-order chi connectivity index (χ1) is 9.37. The molecule has 0 amide bonds. The van der Waals surface area contributed by atoms with E-state index in [9.17, 15) is 4.79 Å². The van der Waals surface area contributed by atoms with Gasteiger partial charge in [0.1, 0.15) is 0 Å². The lowest BCUT2D eigenvalue weighted by atomic mass is 9.83. The minimum absolute atomic E-state index is 0.282. The third-order valence-corrected chi connectivity index (χ3v) is 4.76. The molecule has 4 atom stereocenters. The van der Waals surface area contributed by atoms with E-state index in [2.05, 4.69) is 25.5 Å². The standard InChI is InChI=1S/C18H24O2/c1-6-18(5,20-13(4)19)17-11-16(17)15-9-7-14(8-10-15)12(2)3/h1,9,14,16-17H,2,7-8,10-11H2,3-5H3/t14?,16-,17+,18?/m0/s1. The fourth-order valence-corrected chi connectivity index (χ4v) is 3.36. The monoisotopic (exact) mass is 272 g/mol. The second-order valence-corrected chi connectivity index (χ2v) is 6.39. The third kappa shape index (κ3) is 2.98. The van der Waals surface area contributed by atoms with E-state index in [0.29, 0.717) is 11.8 Å². The van der Waals surface area contributed by atoms with Crippen LogP contribution >= 0.6 is 0 Å². The molecule has 2 aliphatic rings. The summed E-state index contributed by atoms with van der Waals surface area (Å²) in [6, 6.07) is 0. The van der Waals surface area contributed by atoms with Gasteiger partial charge in [-0.15, -0.1) is 6.42 Å². The summed E-state index contributed by atoms with van der Waals surface area (Å²) in [6.45, 7) is 9.44. The highest BCUT2D eigenvalue weighted by atomic mass is 16.6. The van der Waals surface area contributed by atoms with E-state index in [1.54, 1.807) is 0 Å². The first-order valence-electron chi connectivity index (χ1n) is 7.39. The molecule has 2 heteroatoms. The molecule has 0 radical (unpaired) electrons. The van der Waals surface area contributed by atoms with Crippen LogP contribution in [0.4, 0.5) is 0 Å². The molecule has 2 unspecified atom stereocenters. The quantitative estimate of drug-likeness (QED) is 0.441. The minimum atomic E-state index is -0.747. The maximum Gasteiger partial charge on any atom is 0.304 e. The molecule has 0 N–H and O–H groups in total. The van der Waals surface area contributed by atoms with Gasteiger partial charge in [0.2, 0.25) is 0 Å². The predicted molar refractivity (Wildman–Crippen MR) is 80.8 cm³/mol. The van der Waals surface area contributed by atoms with Crippen molar-refractivity contribution in [3.05, 3.63) is 23.8 Å². The average molecular weight is 272 g/mol. The van der Waals surface area contributed by atoms with Gasteiger partial charge in [-0.3, -0.25) is 4.79 Å². The Morgan fingerprint density at radius 1 is 1.55 bits per heavy atom. The minimum Gasteiger partial charge on any atom is -0.446 e. The molecular weight excluding hydrogens is 248 g/mol. The van der Waals surface area contributed by atoms with Crippen LogP contribution in [0.3, 0.4) is 0 Å². The molecule has 0 aromatic heterocycles. The van der Waals surface area contributed by atoms with Crippen molar-refractivity contribution in [1.29, 1.82) is 0 Å². The number of terminal acetylenes is 1. The summed E-state index contributed by atoms with van der Waals surface area (Å²) in [5.41, 5.74) is 2.03. The summed E-state index contributed by atoms with van der Waals surface area (Å²) in [7, 11) is 0. The van der Waals surface area contributed by atoms with E-state index in [-0.39, 0.29) is 11.9 Å². The Morgan fingerprint density at radius 3 is 2.70 bits per heavy atom. The number of carbonyl (C=O) groups excluding carboxylic acids is 1. The molecule has 0 aliphatic heterocycles. The van der Waals surface area contributed by atoms with Crippen molar-refractivity contribution >= 4 is 5.97 Å². The first kappa shape index (κ1) is 14.9. The molecule has 2 aliphatic carbocycles. The van der Waals surface area contributed by atoms with Crippen LogP contribution in [0.1, 0.15) is 46.5 Å². The van der Waals surface area contributed by atoms with Crippen LogP contribution in [-0.4, -0.2) is 11.6 Å². The largest absolute Gasteiger partial charge is 0.446 e. The highest BCUT2D eigenvalue weighted by Gasteiger charge is 2.53. The molecule has 108 valence electrons. The van der Waals surface area contributed by atoms with Crippen molar-refractivity contribution in [3.63, 3.8) is 0 Å². The van der Waals surface area contributed by atoms with E-state index < -0.39 is 5.60 Å². The van der Waals surface area contributed by atoms with Crippen molar-refractivity contribution < 1.29 is 9.53 Å². The molecule has 1 saturated carbocycles. The Hall–Kier alpha value is -1.49. The Bertz CT molecular complexity index is 494. The fraction of sp³-hybridized carbons (Fsp3) is 0.611. The summed E-state index contributed by atoms with van der Waals surface area (Å²) in [5, 5.41) is 0. The van der Waals surface area contributed by atoms with Crippen LogP contribution in [0.2, 0.25) is 0 Å². The summed E-state index contributed by atoms with van der Waals surface area (Å²) >= 11 is 0. The number of allylic oxidation sites excluding steroid dienone is 3. The lowest BCUT2D eigenvalue weighted by molar-refractivity contribution is -0.151. The predicted octanol–water partition coefficient (Wildman–Crippen LogP) is 3.88. The summed E-state index contributed by atoms with van der Waals surface area (Å²) in [4.78, 5) is 11.2. The smallest absolute Gasteiger partial charge is 0.304 e. The zero-order chi connectivity index (χ0) is 14.9. The number of rotatable bonds is 4. The Balaban J connectivity index is 2.00. The summed E-state index contributed by atoms with van der Waals surface area (Å²) < 4.78 is 5.37. The van der Waals surface area contributed by atoms with Gasteiger partial charge in [-0.25, -0.2) is 0 Å². The van der Waals surface area contributed by atoms with Gasteiger partial charge in [0.05, 0.1) is 0 Å². The van der Waals surface area contributed by atoms with Gasteiger partial charge < -0.3 is 4.74 Å². The molecule has 0 bridgehead atoms. The fourth-order valence-electron chi connectivity index (χ4n) is 3.36. The zero-order valence-corrected chi connectivity index (χ0v) is 12.7. The van der Waals surface area contributed by atoms with E-state index in [0.717, 1.165) is 19.3 Å². The number of hydrogen-bond acceptors (Lipinski definition) is 2. The Morgan fingerprint density at radius 2 is 2.25 bits per heavy atom. The van der Waals surface area contributed by atoms with Crippen molar-refractivity contribution in [2.75, 3.05) is 0 Å². The molecule has 0 aromatic rings. The lowest BCUT2D eigenvalue weighted by Gasteiger charge is -2.26. The van der Waals surface area contributed by atoms with Crippen molar-refractivity contribution in [2.45, 2.75) is 52.1 Å². The van der Waals surface area contributed by atoms with Crippen LogP contribution in [0.5, 0.6) is 0 Å². The topological polar surface area (TPSA) is 26.3 Å². The van der Waals surface area contributed by atoms with Gasteiger partial charge in [0.25, 0.3) is 0 Å². The van der Waals surface area contributed by atoms with E-state index in [4.69, 9.17) is 11.2 Å². The molecule has 0 spiro atoms. The molecule has 0 heterocycles. The molecule has 2 nitrogen and oxygen atoms in total. The molecular formula is C18H24O2. The van der Waals surface area contributed by atoms with Crippen LogP contribution in [-0.2, 0) is 9.53 Å². The van der Waals surface area contributed by atoms with Gasteiger partial charge >= 0.3 is 5.97 Å². The van der Waals surface area contributed by atoms with Crippen LogP contribution in [0, 0.1) is 30.1 Å². The highest BCUT2D eigenvalue weighted by Crippen LogP contribution is 2.54. The van der Waals surface area contributed by atoms with E-state index >= 15 is 0 Å². The Kier molecular flexibility index (Phi) is 4.09. The van der Waals surface area contributed by atoms with Gasteiger partial charge in [0.15, 0.2) is 5.60 Å². The maximum absolute atomic E-state index is 11.2. The SMILES string of the molecule is C#CC(C)(OC(C)=O)[C@@H]1C[C@H]1C1=CCC(C(=C)C)CC1. The second-order valence-electron chi connectivity index (χ2n) is 6.39. The first-order valence-corrected chi connectivity index (χ1v) is 7.39. The van der Waals surface area contributed by atoms with E-state index in [1.165, 1.54) is 24.5 Å². The Labute approximate surface area is 122 Å². The molecule has 20 heavy (non-hydrogen) atoms. The highest BCUT2D eigenvalue weighted by molar-refractivity contribution is 5.67. The van der Waals surface area contributed by atoms with Crippen LogP contribution < -0.4 is 0 Å². The number of carbonyl (C=O) groups is 1. The lowest BCUT2D eigenvalue weighted by Crippen LogP contribution is -2.32. The van der Waals surface area contributed by atoms with Gasteiger partial charge in [-0.1, -0.05) is 29.7 Å².